The van der Waals surface area contributed by atoms with Crippen LogP contribution in [-0.2, 0) is 25.5 Å². The zero-order valence-electron chi connectivity index (χ0n) is 19.1. The van der Waals surface area contributed by atoms with Crippen molar-refractivity contribution in [3.8, 4) is 5.75 Å². The molecular formula is C22H33N2O7S+. The number of carboxylic acids is 1. The molecule has 9 nitrogen and oxygen atoms in total. The lowest BCUT2D eigenvalue weighted by Crippen LogP contribution is -2.53. The summed E-state index contributed by atoms with van der Waals surface area (Å²) in [5.74, 6) is -0.470. The smallest absolute Gasteiger partial charge is 0.497 e. The van der Waals surface area contributed by atoms with E-state index < -0.39 is 23.4 Å². The van der Waals surface area contributed by atoms with Crippen molar-refractivity contribution in [2.24, 2.45) is 0 Å². The van der Waals surface area contributed by atoms with Gasteiger partial charge in [-0.2, -0.15) is 4.79 Å². The zero-order valence-corrected chi connectivity index (χ0v) is 19.9. The number of aryl methyl sites for hydroxylation is 1. The van der Waals surface area contributed by atoms with Crippen LogP contribution in [0, 0.1) is 0 Å². The van der Waals surface area contributed by atoms with Crippen LogP contribution < -0.4 is 10.1 Å². The fourth-order valence-electron chi connectivity index (χ4n) is 2.92. The average molecular weight is 470 g/mol. The first-order chi connectivity index (χ1) is 15.1. The lowest BCUT2D eigenvalue weighted by atomic mass is 10.1. The number of quaternary nitrogens is 1. The van der Waals surface area contributed by atoms with E-state index in [-0.39, 0.29) is 23.2 Å². The molecule has 0 fully saturated rings. The predicted octanol–water partition coefficient (Wildman–Crippen LogP) is 2.82. The average Bonchev–Trinajstić information content (AvgIpc) is 2.72. The number of aliphatic carboxylic acids is 1. The maximum atomic E-state index is 12.3. The van der Waals surface area contributed by atoms with Crippen LogP contribution in [0.5, 0.6) is 5.75 Å². The second-order valence-electron chi connectivity index (χ2n) is 7.71. The number of hydrogen-bond acceptors (Lipinski definition) is 7. The van der Waals surface area contributed by atoms with Gasteiger partial charge in [-0.15, -0.1) is 0 Å². The van der Waals surface area contributed by atoms with E-state index in [4.69, 9.17) is 14.6 Å². The number of carboxylic acid groups (broad SMARTS) is 1. The number of methoxy groups -OCH3 is 1. The standard InChI is InChI=1S/C22H32N2O7S/c1-16(25)31-22(29)24(2,3)20(12-13-21(27)28)32-15-14-23-19(26)7-5-6-17-8-10-18(30-4)11-9-17/h8-11,20H,5-7,12-15H2,1-4H3,(H-,23,26,27,28)/p+1. The van der Waals surface area contributed by atoms with E-state index in [2.05, 4.69) is 5.32 Å². The van der Waals surface area contributed by atoms with Crippen LogP contribution in [-0.4, -0.2) is 72.4 Å². The summed E-state index contributed by atoms with van der Waals surface area (Å²) >= 11 is 1.36. The van der Waals surface area contributed by atoms with Crippen molar-refractivity contribution in [2.75, 3.05) is 33.5 Å². The van der Waals surface area contributed by atoms with Gasteiger partial charge in [-0.25, -0.2) is 4.48 Å². The molecule has 178 valence electrons. The number of rotatable bonds is 13. The number of amides is 2. The monoisotopic (exact) mass is 469 g/mol. The summed E-state index contributed by atoms with van der Waals surface area (Å²) in [6.07, 6.45) is 1.25. The van der Waals surface area contributed by atoms with Crippen LogP contribution in [0.4, 0.5) is 4.79 Å². The van der Waals surface area contributed by atoms with Crippen LogP contribution >= 0.6 is 11.8 Å². The summed E-state index contributed by atoms with van der Waals surface area (Å²) in [5.41, 5.74) is 1.13. The van der Waals surface area contributed by atoms with Crippen molar-refractivity contribution in [1.82, 2.24) is 5.32 Å². The second-order valence-corrected chi connectivity index (χ2v) is 8.99. The van der Waals surface area contributed by atoms with Gasteiger partial charge in [0.25, 0.3) is 0 Å². The quantitative estimate of drug-likeness (QED) is 0.149. The molecule has 0 saturated carbocycles. The largest absolute Gasteiger partial charge is 0.524 e. The molecule has 0 radical (unpaired) electrons. The number of thioether (sulfide) groups is 1. The molecular weight excluding hydrogens is 436 g/mol. The van der Waals surface area contributed by atoms with E-state index in [1.54, 1.807) is 21.2 Å². The third kappa shape index (κ3) is 10.1. The topological polar surface area (TPSA) is 119 Å². The molecule has 1 rings (SSSR count). The molecule has 0 heterocycles. The number of ether oxygens (including phenoxy) is 2. The number of carbonyl (C=O) groups is 4. The lowest BCUT2D eigenvalue weighted by Gasteiger charge is -2.32. The summed E-state index contributed by atoms with van der Waals surface area (Å²) in [5, 5.41) is 11.4. The minimum atomic E-state index is -0.972. The Morgan fingerprint density at radius 2 is 1.78 bits per heavy atom. The lowest BCUT2D eigenvalue weighted by molar-refractivity contribution is -0.826. The van der Waals surface area contributed by atoms with Crippen LogP contribution in [0.15, 0.2) is 24.3 Å². The Labute approximate surface area is 193 Å². The predicted molar refractivity (Wildman–Crippen MR) is 121 cm³/mol. The molecule has 10 heteroatoms. The third-order valence-electron chi connectivity index (χ3n) is 4.79. The van der Waals surface area contributed by atoms with Crippen LogP contribution in [0.1, 0.15) is 38.2 Å². The van der Waals surface area contributed by atoms with E-state index >= 15 is 0 Å². The fourth-order valence-corrected chi connectivity index (χ4v) is 4.15. The van der Waals surface area contributed by atoms with Gasteiger partial charge in [-0.05, 0) is 30.5 Å². The van der Waals surface area contributed by atoms with Gasteiger partial charge in [-0.1, -0.05) is 23.9 Å². The van der Waals surface area contributed by atoms with Crippen LogP contribution in [0.3, 0.4) is 0 Å². The van der Waals surface area contributed by atoms with Gasteiger partial charge in [0.1, 0.15) is 11.1 Å². The van der Waals surface area contributed by atoms with Gasteiger partial charge in [0.15, 0.2) is 0 Å². The SMILES string of the molecule is COc1ccc(CCCC(=O)NCCSC(CCC(=O)O)[N+](C)(C)C(=O)OC(C)=O)cc1. The Bertz CT molecular complexity index is 781. The normalized spacial score (nSPS) is 12.0. The Kier molecular flexibility index (Phi) is 11.8. The molecule has 2 N–H and O–H groups in total. The van der Waals surface area contributed by atoms with Crippen molar-refractivity contribution < 1.29 is 38.2 Å². The molecule has 0 saturated heterocycles. The number of carbonyl (C=O) groups excluding carboxylic acids is 3. The van der Waals surface area contributed by atoms with Crippen molar-refractivity contribution in [3.63, 3.8) is 0 Å². The molecule has 0 aliphatic carbocycles. The Morgan fingerprint density at radius 3 is 2.34 bits per heavy atom. The minimum Gasteiger partial charge on any atom is -0.497 e. The van der Waals surface area contributed by atoms with Crippen molar-refractivity contribution >= 4 is 35.7 Å². The second kappa shape index (κ2) is 13.7. The maximum Gasteiger partial charge on any atom is 0.524 e. The first-order valence-corrected chi connectivity index (χ1v) is 11.4. The van der Waals surface area contributed by atoms with Crippen LogP contribution in [0.2, 0.25) is 0 Å². The van der Waals surface area contributed by atoms with Gasteiger partial charge in [0, 0.05) is 32.1 Å². The fraction of sp³-hybridized carbons (Fsp3) is 0.545. The summed E-state index contributed by atoms with van der Waals surface area (Å²) in [6, 6.07) is 7.72. The number of benzene rings is 1. The summed E-state index contributed by atoms with van der Waals surface area (Å²) in [6.45, 7) is 1.53. The molecule has 0 bridgehead atoms. The van der Waals surface area contributed by atoms with Gasteiger partial charge in [0.05, 0.1) is 27.6 Å². The van der Waals surface area contributed by atoms with E-state index in [1.807, 2.05) is 24.3 Å². The molecule has 32 heavy (non-hydrogen) atoms. The highest BCUT2D eigenvalue weighted by atomic mass is 32.2. The summed E-state index contributed by atoms with van der Waals surface area (Å²) in [4.78, 5) is 46.5. The molecule has 1 aromatic rings. The summed E-state index contributed by atoms with van der Waals surface area (Å²) in [7, 11) is 4.76. The van der Waals surface area contributed by atoms with E-state index in [0.29, 0.717) is 25.1 Å². The van der Waals surface area contributed by atoms with Crippen molar-refractivity contribution in [2.45, 2.75) is 44.4 Å². The molecule has 0 aromatic heterocycles. The Hall–Kier alpha value is -2.59. The van der Waals surface area contributed by atoms with Crippen LogP contribution in [0.25, 0.3) is 0 Å². The highest BCUT2D eigenvalue weighted by Crippen LogP contribution is 2.26. The highest BCUT2D eigenvalue weighted by molar-refractivity contribution is 7.99. The molecule has 1 atom stereocenters. The van der Waals surface area contributed by atoms with Gasteiger partial charge in [0.2, 0.25) is 5.91 Å². The first-order valence-electron chi connectivity index (χ1n) is 10.4. The van der Waals surface area contributed by atoms with E-state index in [1.165, 1.54) is 11.8 Å². The van der Waals surface area contributed by atoms with Gasteiger partial charge >= 0.3 is 18.0 Å². The number of esters is 1. The Morgan fingerprint density at radius 1 is 1.12 bits per heavy atom. The minimum absolute atomic E-state index is 0.0639. The molecule has 0 aliphatic heterocycles. The van der Waals surface area contributed by atoms with Crippen molar-refractivity contribution in [3.05, 3.63) is 29.8 Å². The molecule has 1 aromatic carbocycles. The number of nitrogens with one attached hydrogen (secondary N) is 1. The molecule has 0 spiro atoms. The third-order valence-corrected chi connectivity index (χ3v) is 6.38. The van der Waals surface area contributed by atoms with Gasteiger partial charge < -0.3 is 19.9 Å². The maximum absolute atomic E-state index is 12.3. The van der Waals surface area contributed by atoms with E-state index in [0.717, 1.165) is 24.7 Å². The molecule has 1 unspecified atom stereocenters. The summed E-state index contributed by atoms with van der Waals surface area (Å²) < 4.78 is 9.52. The number of nitrogens with zero attached hydrogens (tertiary/aromatic N) is 1. The van der Waals surface area contributed by atoms with Gasteiger partial charge in [-0.3, -0.25) is 14.4 Å². The first kappa shape index (κ1) is 27.4. The number of hydrogen-bond donors (Lipinski definition) is 2. The molecule has 2 amide bonds. The van der Waals surface area contributed by atoms with Crippen molar-refractivity contribution in [1.29, 1.82) is 0 Å². The highest BCUT2D eigenvalue weighted by Gasteiger charge is 2.39. The van der Waals surface area contributed by atoms with E-state index in [9.17, 15) is 19.2 Å². The zero-order chi connectivity index (χ0) is 24.1. The molecule has 0 aliphatic rings. The Balaban J connectivity index is 2.44.